The molecule has 0 amide bonds. The highest BCUT2D eigenvalue weighted by molar-refractivity contribution is 6.75. The van der Waals surface area contributed by atoms with Crippen molar-refractivity contribution in [2.75, 3.05) is 92.2 Å². The maximum absolute atomic E-state index is 9.78. The first-order valence-electron chi connectivity index (χ1n) is 19.5. The smallest absolute Gasteiger partial charge is 0.397 e. The summed E-state index contributed by atoms with van der Waals surface area (Å²) in [5.41, 5.74) is 22.2. The minimum atomic E-state index is -2.89. The average molecular weight is 829 g/mol. The highest BCUT2D eigenvalue weighted by atomic mass is 28.5. The van der Waals surface area contributed by atoms with Gasteiger partial charge in [-0.2, -0.15) is 0 Å². The number of nitrogens with two attached hydrogens (primary N) is 4. The van der Waals surface area contributed by atoms with Crippen LogP contribution >= 0.6 is 0 Å². The Hall–Kier alpha value is 0.228. The van der Waals surface area contributed by atoms with Crippen molar-refractivity contribution in [3.05, 3.63) is 0 Å². The second kappa shape index (κ2) is 40.9. The zero-order chi connectivity index (χ0) is 40.6. The first kappa shape index (κ1) is 58.9. The summed E-state index contributed by atoms with van der Waals surface area (Å²) in [7, 11) is -11.0. The molecule has 0 aromatic carbocycles. The van der Waals surface area contributed by atoms with E-state index in [0.29, 0.717) is 104 Å². The van der Waals surface area contributed by atoms with Gasteiger partial charge in [-0.1, -0.05) is 0 Å². The third kappa shape index (κ3) is 31.4. The minimum absolute atomic E-state index is 0.250. The number of hydrogen-bond acceptors (Lipinski definition) is 16. The van der Waals surface area contributed by atoms with Gasteiger partial charge in [0.25, 0.3) is 0 Å². The Kier molecular flexibility index (Phi) is 46.3. The molecule has 0 saturated heterocycles. The van der Waals surface area contributed by atoms with E-state index in [9.17, 15) is 4.80 Å². The Balaban J connectivity index is -0.000000340. The molecule has 0 fully saturated rings. The van der Waals surface area contributed by atoms with E-state index in [-0.39, 0.29) is 6.61 Å². The van der Waals surface area contributed by atoms with Gasteiger partial charge in [0.05, 0.1) is 0 Å². The molecule has 0 radical (unpaired) electrons. The highest BCUT2D eigenvalue weighted by Crippen LogP contribution is 2.28. The van der Waals surface area contributed by atoms with E-state index in [1.165, 1.54) is 0 Å². The molecule has 0 aliphatic carbocycles. The van der Waals surface area contributed by atoms with E-state index < -0.39 is 35.2 Å². The molecular weight excluding hydrogens is 745 g/mol. The second-order valence-electron chi connectivity index (χ2n) is 10.6. The molecule has 0 aromatic heterocycles. The molecule has 0 spiro atoms. The summed E-state index contributed by atoms with van der Waals surface area (Å²) in [6.45, 7) is 26.6. The van der Waals surface area contributed by atoms with Gasteiger partial charge in [-0.05, 0) is 121 Å². The molecule has 20 heteroatoms. The van der Waals surface area contributed by atoms with Crippen LogP contribution in [0, 0.1) is 0 Å². The van der Waals surface area contributed by atoms with E-state index in [4.69, 9.17) is 72.0 Å². The lowest BCUT2D eigenvalue weighted by Gasteiger charge is -2.38. The van der Waals surface area contributed by atoms with E-state index in [1.807, 2.05) is 62.3 Å². The van der Waals surface area contributed by atoms with Crippen molar-refractivity contribution in [2.45, 2.75) is 119 Å². The van der Waals surface area contributed by atoms with Crippen LogP contribution in [-0.4, -0.2) is 137 Å². The van der Waals surface area contributed by atoms with Gasteiger partial charge >= 0.3 is 35.2 Å². The Bertz CT molecular complexity index is 659. The third-order valence-corrected chi connectivity index (χ3v) is 19.3. The predicted octanol–water partition coefficient (Wildman–Crippen LogP) is 3.45. The summed E-state index contributed by atoms with van der Waals surface area (Å²) in [6.07, 6.45) is 3.21. The monoisotopic (exact) mass is 829 g/mol. The van der Waals surface area contributed by atoms with Crippen molar-refractivity contribution < 1.29 is 53.9 Å². The molecular formula is C32H84N4O12Si4. The molecule has 0 aromatic rings. The molecule has 0 heterocycles. The lowest BCUT2D eigenvalue weighted by Crippen LogP contribution is -2.59. The summed E-state index contributed by atoms with van der Waals surface area (Å²) < 4.78 is 57.7. The van der Waals surface area contributed by atoms with E-state index in [0.717, 1.165) is 31.7 Å². The number of aliphatic hydroxyl groups is 1. The van der Waals surface area contributed by atoms with Crippen molar-refractivity contribution in [2.24, 2.45) is 22.9 Å². The van der Waals surface area contributed by atoms with Crippen molar-refractivity contribution in [3.63, 3.8) is 0 Å². The van der Waals surface area contributed by atoms with Gasteiger partial charge in [-0.15, -0.1) is 0 Å². The van der Waals surface area contributed by atoms with E-state index in [2.05, 4.69) is 0 Å². The Morgan fingerprint density at radius 3 is 0.808 bits per heavy atom. The van der Waals surface area contributed by atoms with Gasteiger partial charge < -0.3 is 76.8 Å². The van der Waals surface area contributed by atoms with Crippen molar-refractivity contribution in [1.82, 2.24) is 0 Å². The van der Waals surface area contributed by atoms with Crippen molar-refractivity contribution in [3.8, 4) is 0 Å². The zero-order valence-electron chi connectivity index (χ0n) is 34.8. The standard InChI is InChI=1S/C14H36N2O5Si2.C9H23NO3Si.C7H19NO3Si.C2H6O/c1-5-17-22(18-6-2,13-9-11-15)21-23(19-7-3,20-8-4)14-10-12-16;1-4-11-14(12-5-2,13-6-3)9-7-8-10;1-3-10-12(9,11-4-2)7-5-6-8;1-2-3/h5-16H2,1-4H3;4-10H2,1-3H3;9H,3-8H2,1-2H3;3H,2H2,1H3. The normalized spacial score (nSPS) is 12.0. The molecule has 16 nitrogen and oxygen atoms in total. The van der Waals surface area contributed by atoms with E-state index >= 15 is 0 Å². The van der Waals surface area contributed by atoms with Crippen LogP contribution in [0.3, 0.4) is 0 Å². The number of rotatable bonds is 32. The molecule has 0 rings (SSSR count). The van der Waals surface area contributed by atoms with Crippen LogP contribution in [0.1, 0.15) is 94.9 Å². The summed E-state index contributed by atoms with van der Waals surface area (Å²) in [6, 6.07) is 2.72. The van der Waals surface area contributed by atoms with Crippen LogP contribution < -0.4 is 22.9 Å². The number of hydrogen-bond donors (Lipinski definition) is 6. The lowest BCUT2D eigenvalue weighted by molar-refractivity contribution is 0.0490. The van der Waals surface area contributed by atoms with Gasteiger partial charge in [0.2, 0.25) is 0 Å². The maximum Gasteiger partial charge on any atom is 0.500 e. The molecule has 0 atom stereocenters. The van der Waals surface area contributed by atoms with Crippen LogP contribution in [0.4, 0.5) is 0 Å². The first-order valence-corrected chi connectivity index (χ1v) is 27.3. The molecule has 320 valence electrons. The van der Waals surface area contributed by atoms with Gasteiger partial charge in [0.1, 0.15) is 0 Å². The summed E-state index contributed by atoms with van der Waals surface area (Å²) in [4.78, 5) is 9.78. The predicted molar refractivity (Wildman–Crippen MR) is 218 cm³/mol. The van der Waals surface area contributed by atoms with Crippen molar-refractivity contribution in [1.29, 1.82) is 0 Å². The summed E-state index contributed by atoms with van der Waals surface area (Å²) in [5.74, 6) is 0. The molecule has 52 heavy (non-hydrogen) atoms. The largest absolute Gasteiger partial charge is 0.500 e. The second-order valence-corrected chi connectivity index (χ2v) is 21.6. The maximum atomic E-state index is 9.78. The molecule has 0 aliphatic rings. The highest BCUT2D eigenvalue weighted by Gasteiger charge is 2.52. The topological polar surface area (TPSA) is 237 Å². The van der Waals surface area contributed by atoms with Gasteiger partial charge in [0, 0.05) is 90.2 Å². The lowest BCUT2D eigenvalue weighted by atomic mass is 10.5. The fourth-order valence-electron chi connectivity index (χ4n) is 4.63. The van der Waals surface area contributed by atoms with Gasteiger partial charge in [-0.25, -0.2) is 0 Å². The van der Waals surface area contributed by atoms with Crippen LogP contribution in [0.2, 0.25) is 24.2 Å². The summed E-state index contributed by atoms with van der Waals surface area (Å²) >= 11 is 0. The molecule has 10 N–H and O–H groups in total. The van der Waals surface area contributed by atoms with Crippen LogP contribution in [0.15, 0.2) is 0 Å². The molecule has 0 bridgehead atoms. The van der Waals surface area contributed by atoms with Crippen LogP contribution in [0.25, 0.3) is 0 Å². The van der Waals surface area contributed by atoms with Gasteiger partial charge in [0.15, 0.2) is 0 Å². The summed E-state index contributed by atoms with van der Waals surface area (Å²) in [5, 5.41) is 7.57. The Morgan fingerprint density at radius 1 is 0.365 bits per heavy atom. The third-order valence-electron chi connectivity index (χ3n) is 6.36. The zero-order valence-corrected chi connectivity index (χ0v) is 38.8. The molecule has 0 unspecified atom stereocenters. The Labute approximate surface area is 322 Å². The first-order chi connectivity index (χ1) is 24.9. The van der Waals surface area contributed by atoms with Crippen LogP contribution in [-0.2, 0) is 43.9 Å². The fourth-order valence-corrected chi connectivity index (χ4v) is 16.6. The fraction of sp³-hybridized carbons (Fsp3) is 1.00. The SMILES string of the molecule is CCO.CCO[Si](CCCN)(OCC)OCC.CCO[Si](CCCN)(OCC)O[Si](CCCN)(OCC)OCC.CCO[Si](O)(CCCN)OCC. The quantitative estimate of drug-likeness (QED) is 0.0533. The average Bonchev–Trinajstić information content (AvgIpc) is 3.10. The molecule has 0 aliphatic heterocycles. The molecule has 0 saturated carbocycles. The Morgan fingerprint density at radius 2 is 0.577 bits per heavy atom. The van der Waals surface area contributed by atoms with Gasteiger partial charge in [-0.3, -0.25) is 0 Å². The number of aliphatic hydroxyl groups excluding tert-OH is 1. The van der Waals surface area contributed by atoms with Crippen LogP contribution in [0.5, 0.6) is 0 Å². The minimum Gasteiger partial charge on any atom is -0.397 e. The van der Waals surface area contributed by atoms with Crippen molar-refractivity contribution >= 4 is 35.2 Å². The van der Waals surface area contributed by atoms with E-state index in [1.54, 1.807) is 6.92 Å².